The van der Waals surface area contributed by atoms with Crippen molar-refractivity contribution in [2.45, 2.75) is 79.1 Å². The summed E-state index contributed by atoms with van der Waals surface area (Å²) in [6.45, 7) is 16.3. The van der Waals surface area contributed by atoms with Crippen molar-refractivity contribution in [1.82, 2.24) is 0 Å². The van der Waals surface area contributed by atoms with Crippen LogP contribution in [-0.2, 0) is 0 Å². The molecule has 26 heavy (non-hydrogen) atoms. The molecule has 2 aromatic rings. The van der Waals surface area contributed by atoms with Crippen LogP contribution < -0.4 is 0 Å². The van der Waals surface area contributed by atoms with Crippen LogP contribution in [0.1, 0.15) is 101 Å². The van der Waals surface area contributed by atoms with Gasteiger partial charge in [-0.2, -0.15) is 0 Å². The average molecular weight is 361 g/mol. The van der Waals surface area contributed by atoms with Crippen LogP contribution in [0.4, 0.5) is 8.78 Å². The maximum atomic E-state index is 13.5. The Morgan fingerprint density at radius 1 is 0.500 bits per heavy atom. The molecule has 0 aliphatic carbocycles. The minimum absolute atomic E-state index is 0.0683. The summed E-state index contributed by atoms with van der Waals surface area (Å²) in [6.07, 6.45) is 0. The van der Waals surface area contributed by atoms with Gasteiger partial charge in [0.1, 0.15) is 11.6 Å². The second-order valence-electron chi connectivity index (χ2n) is 8.18. The number of halogens is 2. The Hall–Kier alpha value is -1.70. The summed E-state index contributed by atoms with van der Waals surface area (Å²) >= 11 is 0. The lowest BCUT2D eigenvalue weighted by atomic mass is 9.97. The van der Waals surface area contributed by atoms with Crippen LogP contribution in [0.5, 0.6) is 0 Å². The lowest BCUT2D eigenvalue weighted by Crippen LogP contribution is -1.96. The quantitative estimate of drug-likeness (QED) is 0.516. The average Bonchev–Trinajstić information content (AvgIpc) is 2.54. The number of benzene rings is 2. The Bertz CT molecular complexity index is 636. The third-order valence-electron chi connectivity index (χ3n) is 4.63. The first-order chi connectivity index (χ1) is 12.0. The summed E-state index contributed by atoms with van der Waals surface area (Å²) < 4.78 is 26.9. The number of rotatable bonds is 4. The molecule has 0 atom stereocenters. The first kappa shape index (κ1) is 22.3. The molecule has 0 spiro atoms. The summed E-state index contributed by atoms with van der Waals surface area (Å²) in [4.78, 5) is 0. The third-order valence-corrected chi connectivity index (χ3v) is 4.63. The van der Waals surface area contributed by atoms with E-state index in [1.807, 2.05) is 52.0 Å². The van der Waals surface area contributed by atoms with Crippen molar-refractivity contribution in [3.63, 3.8) is 0 Å². The van der Waals surface area contributed by atoms with Gasteiger partial charge in [-0.1, -0.05) is 79.7 Å². The standard InChI is InChI=1S/2C12H17F/c2*1-8(2)10-5-6-11(9(3)4)12(13)7-10/h2*5-9H,1-4H3. The Morgan fingerprint density at radius 3 is 1.00 bits per heavy atom. The topological polar surface area (TPSA) is 0 Å². The normalized spacial score (nSPS) is 11.3. The maximum Gasteiger partial charge on any atom is 0.126 e. The van der Waals surface area contributed by atoms with Crippen LogP contribution in [0.25, 0.3) is 0 Å². The van der Waals surface area contributed by atoms with Gasteiger partial charge in [-0.05, 0) is 58.1 Å². The Labute approximate surface area is 158 Å². The minimum atomic E-state index is -0.0683. The van der Waals surface area contributed by atoms with Crippen LogP contribution in [-0.4, -0.2) is 0 Å². The predicted octanol–water partition coefficient (Wildman–Crippen LogP) is 8.15. The Balaban J connectivity index is 0.000000260. The molecule has 0 aromatic heterocycles. The van der Waals surface area contributed by atoms with Gasteiger partial charge in [0.15, 0.2) is 0 Å². The summed E-state index contributed by atoms with van der Waals surface area (Å²) in [7, 11) is 0. The third kappa shape index (κ3) is 6.23. The maximum absolute atomic E-state index is 13.5. The molecule has 0 saturated carbocycles. The van der Waals surface area contributed by atoms with Crippen molar-refractivity contribution in [2.75, 3.05) is 0 Å². The number of hydrogen-bond donors (Lipinski definition) is 0. The summed E-state index contributed by atoms with van der Waals surface area (Å²) in [5.41, 5.74) is 3.76. The van der Waals surface area contributed by atoms with Crippen molar-refractivity contribution in [3.8, 4) is 0 Å². The fraction of sp³-hybridized carbons (Fsp3) is 0.500. The zero-order chi connectivity index (χ0) is 20.0. The van der Waals surface area contributed by atoms with Crippen molar-refractivity contribution in [3.05, 3.63) is 70.3 Å². The molecule has 0 N–H and O–H groups in total. The van der Waals surface area contributed by atoms with E-state index in [0.29, 0.717) is 11.8 Å². The highest BCUT2D eigenvalue weighted by atomic mass is 19.1. The van der Waals surface area contributed by atoms with Gasteiger partial charge < -0.3 is 0 Å². The van der Waals surface area contributed by atoms with Gasteiger partial charge in [0, 0.05) is 0 Å². The van der Waals surface area contributed by atoms with Crippen LogP contribution >= 0.6 is 0 Å². The molecular weight excluding hydrogens is 326 g/mol. The molecular formula is C24H34F2. The van der Waals surface area contributed by atoms with E-state index in [9.17, 15) is 8.78 Å². The highest BCUT2D eigenvalue weighted by molar-refractivity contribution is 5.29. The van der Waals surface area contributed by atoms with Crippen LogP contribution in [0, 0.1) is 11.6 Å². The largest absolute Gasteiger partial charge is 0.207 e. The lowest BCUT2D eigenvalue weighted by Gasteiger charge is -2.10. The molecule has 2 aromatic carbocycles. The first-order valence-corrected chi connectivity index (χ1v) is 9.63. The molecule has 0 bridgehead atoms. The Kier molecular flexibility index (Phi) is 8.46. The van der Waals surface area contributed by atoms with Crippen LogP contribution in [0.2, 0.25) is 0 Å². The summed E-state index contributed by atoms with van der Waals surface area (Å²) in [5.74, 6) is 1.19. The monoisotopic (exact) mass is 360 g/mol. The molecule has 0 aliphatic heterocycles. The molecule has 0 radical (unpaired) electrons. The van der Waals surface area contributed by atoms with Gasteiger partial charge in [0.2, 0.25) is 0 Å². The molecule has 0 heterocycles. The highest BCUT2D eigenvalue weighted by Crippen LogP contribution is 2.23. The van der Waals surface area contributed by atoms with E-state index in [1.54, 1.807) is 12.1 Å². The van der Waals surface area contributed by atoms with Gasteiger partial charge in [0.05, 0.1) is 0 Å². The van der Waals surface area contributed by atoms with Crippen LogP contribution in [0.3, 0.4) is 0 Å². The zero-order valence-corrected chi connectivity index (χ0v) is 17.5. The Morgan fingerprint density at radius 2 is 0.808 bits per heavy atom. The van der Waals surface area contributed by atoms with E-state index in [0.717, 1.165) is 22.3 Å². The van der Waals surface area contributed by atoms with E-state index < -0.39 is 0 Å². The smallest absolute Gasteiger partial charge is 0.126 e. The van der Waals surface area contributed by atoms with E-state index in [4.69, 9.17) is 0 Å². The molecule has 0 saturated heterocycles. The van der Waals surface area contributed by atoms with Crippen molar-refractivity contribution < 1.29 is 8.78 Å². The highest BCUT2D eigenvalue weighted by Gasteiger charge is 2.09. The van der Waals surface area contributed by atoms with E-state index in [2.05, 4.69) is 27.7 Å². The van der Waals surface area contributed by atoms with Crippen LogP contribution in [0.15, 0.2) is 36.4 Å². The fourth-order valence-electron chi connectivity index (χ4n) is 2.74. The predicted molar refractivity (Wildman–Crippen MR) is 109 cm³/mol. The molecule has 0 aliphatic rings. The summed E-state index contributed by atoms with van der Waals surface area (Å²) in [6, 6.07) is 11.1. The first-order valence-electron chi connectivity index (χ1n) is 9.63. The SMILES string of the molecule is CC(C)c1ccc(C(C)C)c(F)c1.CC(C)c1ccc(C(C)C)c(F)c1. The van der Waals surface area contributed by atoms with Gasteiger partial charge in [-0.3, -0.25) is 0 Å². The van der Waals surface area contributed by atoms with Gasteiger partial charge in [-0.25, -0.2) is 8.78 Å². The number of hydrogen-bond acceptors (Lipinski definition) is 0. The lowest BCUT2D eigenvalue weighted by molar-refractivity contribution is 0.594. The van der Waals surface area contributed by atoms with E-state index >= 15 is 0 Å². The molecule has 0 unspecified atom stereocenters. The molecule has 0 fully saturated rings. The zero-order valence-electron chi connectivity index (χ0n) is 17.5. The van der Waals surface area contributed by atoms with Gasteiger partial charge in [-0.15, -0.1) is 0 Å². The minimum Gasteiger partial charge on any atom is -0.207 e. The van der Waals surface area contributed by atoms with Crippen molar-refractivity contribution in [2.24, 2.45) is 0 Å². The van der Waals surface area contributed by atoms with Crippen molar-refractivity contribution >= 4 is 0 Å². The molecule has 0 nitrogen and oxygen atoms in total. The second-order valence-corrected chi connectivity index (χ2v) is 8.18. The molecule has 144 valence electrons. The second kappa shape index (κ2) is 9.85. The fourth-order valence-corrected chi connectivity index (χ4v) is 2.74. The molecule has 2 rings (SSSR count). The van der Waals surface area contributed by atoms with E-state index in [1.165, 1.54) is 0 Å². The van der Waals surface area contributed by atoms with Gasteiger partial charge >= 0.3 is 0 Å². The molecule has 2 heteroatoms. The van der Waals surface area contributed by atoms with E-state index in [-0.39, 0.29) is 23.5 Å². The molecule has 0 amide bonds. The van der Waals surface area contributed by atoms with Crippen molar-refractivity contribution in [1.29, 1.82) is 0 Å². The van der Waals surface area contributed by atoms with Gasteiger partial charge in [0.25, 0.3) is 0 Å². The summed E-state index contributed by atoms with van der Waals surface area (Å²) in [5, 5.41) is 0.